The zero-order valence-corrected chi connectivity index (χ0v) is 16.4. The Kier molecular flexibility index (Phi) is 4.15. The highest BCUT2D eigenvalue weighted by Crippen LogP contribution is 2.46. The summed E-state index contributed by atoms with van der Waals surface area (Å²) in [5.41, 5.74) is 1.81. The van der Waals surface area contributed by atoms with Gasteiger partial charge in [-0.15, -0.1) is 0 Å². The van der Waals surface area contributed by atoms with Crippen molar-refractivity contribution in [3.8, 4) is 0 Å². The zero-order chi connectivity index (χ0) is 20.1. The normalized spacial score (nSPS) is 23.6. The lowest BCUT2D eigenvalue weighted by Crippen LogP contribution is -2.41. The number of benzene rings is 1. The lowest BCUT2D eigenvalue weighted by atomic mass is 9.89. The first-order chi connectivity index (χ1) is 14.0. The van der Waals surface area contributed by atoms with Gasteiger partial charge in [-0.25, -0.2) is 14.2 Å². The summed E-state index contributed by atoms with van der Waals surface area (Å²) in [5, 5.41) is 8.13. The molecular formula is C21H23FN6O. The highest BCUT2D eigenvalue weighted by molar-refractivity contribution is 5.89. The molecule has 7 nitrogen and oxygen atoms in total. The third-order valence-corrected chi connectivity index (χ3v) is 6.13. The van der Waals surface area contributed by atoms with Crippen molar-refractivity contribution in [2.24, 2.45) is 11.8 Å². The number of hydrogen-bond donors (Lipinski definition) is 1. The molecule has 0 unspecified atom stereocenters. The van der Waals surface area contributed by atoms with Gasteiger partial charge in [-0.2, -0.15) is 5.10 Å². The standard InChI is InChI=1S/C21H23FN6O/c1-26(2)21(29)28-11-14-10-27(20-16-9-24-25-18(16)6-7-23-20)12-17(14)19(28)13-4-3-5-15(22)8-13/h3-9,14,17,19H,10-12H2,1-2H3,(H,24,25)/t14-,17-,19+/m1/s1. The Morgan fingerprint density at radius 1 is 1.24 bits per heavy atom. The molecule has 1 aromatic carbocycles. The van der Waals surface area contributed by atoms with E-state index in [0.717, 1.165) is 35.4 Å². The molecule has 2 amide bonds. The molecule has 0 radical (unpaired) electrons. The number of hydrogen-bond acceptors (Lipinski definition) is 4. The largest absolute Gasteiger partial charge is 0.355 e. The van der Waals surface area contributed by atoms with E-state index in [0.29, 0.717) is 12.5 Å². The van der Waals surface area contributed by atoms with Crippen LogP contribution in [0.2, 0.25) is 0 Å². The number of aromatic amines is 1. The van der Waals surface area contributed by atoms with E-state index in [4.69, 9.17) is 0 Å². The van der Waals surface area contributed by atoms with Crippen molar-refractivity contribution in [2.45, 2.75) is 6.04 Å². The fourth-order valence-electron chi connectivity index (χ4n) is 4.89. The van der Waals surface area contributed by atoms with Crippen molar-refractivity contribution >= 4 is 22.8 Å². The van der Waals surface area contributed by atoms with E-state index in [2.05, 4.69) is 20.1 Å². The van der Waals surface area contributed by atoms with E-state index < -0.39 is 0 Å². The second-order valence-electron chi connectivity index (χ2n) is 8.12. The molecule has 150 valence electrons. The topological polar surface area (TPSA) is 68.4 Å². The summed E-state index contributed by atoms with van der Waals surface area (Å²) < 4.78 is 14.0. The summed E-state index contributed by atoms with van der Waals surface area (Å²) in [6.07, 6.45) is 3.59. The lowest BCUT2D eigenvalue weighted by Gasteiger charge is -2.32. The van der Waals surface area contributed by atoms with Gasteiger partial charge in [0.15, 0.2) is 0 Å². The van der Waals surface area contributed by atoms with Crippen LogP contribution in [0, 0.1) is 17.7 Å². The highest BCUT2D eigenvalue weighted by atomic mass is 19.1. The summed E-state index contributed by atoms with van der Waals surface area (Å²) in [5.74, 6) is 1.15. The van der Waals surface area contributed by atoms with Gasteiger partial charge in [0.1, 0.15) is 11.6 Å². The Labute approximate surface area is 168 Å². The SMILES string of the molecule is CN(C)C(=O)N1C[C@H]2CN(c3nccc4[nH]ncc34)C[C@H]2[C@@H]1c1cccc(F)c1. The zero-order valence-electron chi connectivity index (χ0n) is 16.4. The number of carbonyl (C=O) groups is 1. The van der Waals surface area contributed by atoms with Gasteiger partial charge in [-0.05, 0) is 23.8 Å². The van der Waals surface area contributed by atoms with E-state index in [-0.39, 0.29) is 23.8 Å². The number of H-pyrrole nitrogens is 1. The van der Waals surface area contributed by atoms with Gasteiger partial charge < -0.3 is 14.7 Å². The Morgan fingerprint density at radius 2 is 2.10 bits per heavy atom. The van der Waals surface area contributed by atoms with Gasteiger partial charge in [-0.3, -0.25) is 5.10 Å². The number of urea groups is 1. The number of rotatable bonds is 2. The van der Waals surface area contributed by atoms with Gasteiger partial charge >= 0.3 is 6.03 Å². The average Bonchev–Trinajstić information content (AvgIpc) is 3.40. The predicted molar refractivity (Wildman–Crippen MR) is 108 cm³/mol. The molecule has 0 spiro atoms. The van der Waals surface area contributed by atoms with E-state index in [1.165, 1.54) is 6.07 Å². The average molecular weight is 394 g/mol. The molecule has 1 N–H and O–H groups in total. The van der Waals surface area contributed by atoms with Crippen LogP contribution in [0.15, 0.2) is 42.7 Å². The van der Waals surface area contributed by atoms with Crippen LogP contribution >= 0.6 is 0 Å². The smallest absolute Gasteiger partial charge is 0.320 e. The molecule has 0 saturated carbocycles. The Bertz CT molecular complexity index is 1070. The van der Waals surface area contributed by atoms with E-state index in [1.807, 2.05) is 17.0 Å². The maximum atomic E-state index is 14.0. The quantitative estimate of drug-likeness (QED) is 0.726. The second-order valence-corrected chi connectivity index (χ2v) is 8.12. The first kappa shape index (κ1) is 17.9. The Balaban J connectivity index is 1.50. The van der Waals surface area contributed by atoms with Gasteiger partial charge in [-0.1, -0.05) is 12.1 Å². The van der Waals surface area contributed by atoms with Crippen LogP contribution in [0.1, 0.15) is 11.6 Å². The van der Waals surface area contributed by atoms with Crippen molar-refractivity contribution in [1.82, 2.24) is 25.0 Å². The summed E-state index contributed by atoms with van der Waals surface area (Å²) in [6.45, 7) is 2.23. The number of halogens is 1. The van der Waals surface area contributed by atoms with Crippen molar-refractivity contribution in [1.29, 1.82) is 0 Å². The molecule has 2 aromatic heterocycles. The predicted octanol–water partition coefficient (Wildman–Crippen LogP) is 2.89. The summed E-state index contributed by atoms with van der Waals surface area (Å²) >= 11 is 0. The number of carbonyl (C=O) groups excluding carboxylic acids is 1. The van der Waals surface area contributed by atoms with Crippen LogP contribution in [0.25, 0.3) is 10.9 Å². The minimum Gasteiger partial charge on any atom is -0.355 e. The van der Waals surface area contributed by atoms with E-state index in [1.54, 1.807) is 43.5 Å². The minimum atomic E-state index is -0.275. The van der Waals surface area contributed by atoms with Crippen LogP contribution in [-0.4, -0.2) is 64.7 Å². The molecule has 5 rings (SSSR count). The van der Waals surface area contributed by atoms with Crippen LogP contribution in [0.3, 0.4) is 0 Å². The molecule has 2 aliphatic rings. The number of nitrogens with one attached hydrogen (secondary N) is 1. The molecule has 3 atom stereocenters. The third kappa shape index (κ3) is 2.90. The molecule has 2 saturated heterocycles. The monoisotopic (exact) mass is 394 g/mol. The van der Waals surface area contributed by atoms with Crippen LogP contribution in [0.4, 0.5) is 15.0 Å². The summed E-state index contributed by atoms with van der Waals surface area (Å²) in [7, 11) is 3.52. The third-order valence-electron chi connectivity index (χ3n) is 6.13. The molecular weight excluding hydrogens is 371 g/mol. The van der Waals surface area contributed by atoms with Gasteiger partial charge in [0, 0.05) is 51.8 Å². The fourth-order valence-corrected chi connectivity index (χ4v) is 4.89. The number of amides is 2. The lowest BCUT2D eigenvalue weighted by molar-refractivity contribution is 0.159. The van der Waals surface area contributed by atoms with Gasteiger partial charge in [0.05, 0.1) is 23.1 Å². The van der Waals surface area contributed by atoms with Gasteiger partial charge in [0.25, 0.3) is 0 Å². The van der Waals surface area contributed by atoms with Gasteiger partial charge in [0.2, 0.25) is 0 Å². The molecule has 29 heavy (non-hydrogen) atoms. The number of likely N-dealkylation sites (tertiary alicyclic amines) is 1. The molecule has 0 aliphatic carbocycles. The molecule has 2 fully saturated rings. The van der Waals surface area contributed by atoms with Crippen LogP contribution in [0.5, 0.6) is 0 Å². The van der Waals surface area contributed by atoms with Crippen molar-refractivity contribution < 1.29 is 9.18 Å². The van der Waals surface area contributed by atoms with Crippen LogP contribution < -0.4 is 4.90 Å². The fraction of sp³-hybridized carbons (Fsp3) is 0.381. The Morgan fingerprint density at radius 3 is 2.90 bits per heavy atom. The molecule has 4 heterocycles. The summed E-state index contributed by atoms with van der Waals surface area (Å²) in [4.78, 5) is 23.2. The van der Waals surface area contributed by atoms with Crippen LogP contribution in [-0.2, 0) is 0 Å². The van der Waals surface area contributed by atoms with E-state index in [9.17, 15) is 9.18 Å². The van der Waals surface area contributed by atoms with E-state index >= 15 is 0 Å². The van der Waals surface area contributed by atoms with Crippen molar-refractivity contribution in [2.75, 3.05) is 38.6 Å². The minimum absolute atomic E-state index is 0.0322. The molecule has 8 heteroatoms. The summed E-state index contributed by atoms with van der Waals surface area (Å²) in [6, 6.07) is 8.37. The molecule has 3 aromatic rings. The maximum Gasteiger partial charge on any atom is 0.320 e. The molecule has 2 aliphatic heterocycles. The number of pyridine rings is 1. The van der Waals surface area contributed by atoms with Crippen molar-refractivity contribution in [3.63, 3.8) is 0 Å². The number of aromatic nitrogens is 3. The Hall–Kier alpha value is -3.16. The number of fused-ring (bicyclic) bond motifs is 2. The van der Waals surface area contributed by atoms with Crippen molar-refractivity contribution in [3.05, 3.63) is 54.1 Å². The first-order valence-electron chi connectivity index (χ1n) is 9.79. The number of anilines is 1. The second kappa shape index (κ2) is 6.72. The number of nitrogens with zero attached hydrogens (tertiary/aromatic N) is 5. The first-order valence-corrected chi connectivity index (χ1v) is 9.79. The molecule has 0 bridgehead atoms. The highest BCUT2D eigenvalue weighted by Gasteiger charge is 2.50. The maximum absolute atomic E-state index is 14.0.